The van der Waals surface area contributed by atoms with Crippen molar-refractivity contribution in [1.29, 1.82) is 0 Å². The molecule has 150 valence electrons. The van der Waals surface area contributed by atoms with Crippen molar-refractivity contribution in [2.24, 2.45) is 0 Å². The lowest BCUT2D eigenvalue weighted by Gasteiger charge is -2.15. The molecule has 4 aromatic rings. The monoisotopic (exact) mass is 398 g/mol. The normalized spacial score (nSPS) is 19.5. The average molecular weight is 398 g/mol. The number of rotatable bonds is 2. The third-order valence-electron chi connectivity index (χ3n) is 6.95. The van der Waals surface area contributed by atoms with Gasteiger partial charge in [-0.2, -0.15) is 0 Å². The first-order valence-electron chi connectivity index (χ1n) is 10.4. The van der Waals surface area contributed by atoms with Gasteiger partial charge in [0, 0.05) is 33.7 Å². The summed E-state index contributed by atoms with van der Waals surface area (Å²) in [5.74, 6) is 1.01. The number of fused-ring (bicyclic) bond motifs is 6. The van der Waals surface area contributed by atoms with Crippen molar-refractivity contribution in [2.75, 3.05) is 0 Å². The Morgan fingerprint density at radius 2 is 1.67 bits per heavy atom. The van der Waals surface area contributed by atoms with Gasteiger partial charge in [-0.3, -0.25) is 9.36 Å². The van der Waals surface area contributed by atoms with Crippen LogP contribution in [-0.2, 0) is 0 Å². The Bertz CT molecular complexity index is 1360. The molecule has 0 spiro atoms. The van der Waals surface area contributed by atoms with Crippen LogP contribution in [0.15, 0.2) is 53.3 Å². The number of para-hydroxylation sites is 1. The van der Waals surface area contributed by atoms with Gasteiger partial charge in [0.05, 0.1) is 5.69 Å². The minimum atomic E-state index is -0.127. The van der Waals surface area contributed by atoms with Gasteiger partial charge in [-0.15, -0.1) is 0 Å². The molecule has 1 saturated carbocycles. The molecule has 0 amide bonds. The molecule has 2 aliphatic carbocycles. The zero-order valence-electron chi connectivity index (χ0n) is 16.6. The minimum absolute atomic E-state index is 0.127. The first-order chi connectivity index (χ1) is 14.5. The molecule has 2 heterocycles. The lowest BCUT2D eigenvalue weighted by Crippen LogP contribution is -2.05. The highest BCUT2D eigenvalue weighted by Gasteiger charge is 2.44. The van der Waals surface area contributed by atoms with Crippen LogP contribution in [0.4, 0.5) is 0 Å². The van der Waals surface area contributed by atoms with Gasteiger partial charge in [0.1, 0.15) is 0 Å². The maximum Gasteiger partial charge on any atom is 0.248 e. The molecule has 30 heavy (non-hydrogen) atoms. The smallest absolute Gasteiger partial charge is 0.248 e. The van der Waals surface area contributed by atoms with E-state index in [1.54, 1.807) is 10.6 Å². The number of pyridine rings is 1. The van der Waals surface area contributed by atoms with Crippen LogP contribution in [0.2, 0.25) is 0 Å². The number of hydrogen-bond donors (Lipinski definition) is 3. The van der Waals surface area contributed by atoms with Gasteiger partial charge in [-0.1, -0.05) is 30.3 Å². The van der Waals surface area contributed by atoms with E-state index in [2.05, 4.69) is 4.98 Å². The third kappa shape index (κ3) is 2.26. The van der Waals surface area contributed by atoms with Gasteiger partial charge in [0.15, 0.2) is 0 Å². The summed E-state index contributed by atoms with van der Waals surface area (Å²) in [5.41, 5.74) is 5.96. The molecule has 1 fully saturated rings. The zero-order valence-corrected chi connectivity index (χ0v) is 16.6. The Hall–Kier alpha value is -3.47. The summed E-state index contributed by atoms with van der Waals surface area (Å²) < 4.78 is 1.59. The summed E-state index contributed by atoms with van der Waals surface area (Å²) in [6.45, 7) is 1.93. The zero-order chi connectivity index (χ0) is 20.6. The van der Waals surface area contributed by atoms with Gasteiger partial charge in [-0.25, -0.2) is 0 Å². The first kappa shape index (κ1) is 17.4. The predicted molar refractivity (Wildman–Crippen MR) is 117 cm³/mol. The molecule has 0 saturated heterocycles. The van der Waals surface area contributed by atoms with E-state index in [4.69, 9.17) is 0 Å². The van der Waals surface area contributed by atoms with Crippen molar-refractivity contribution in [2.45, 2.75) is 38.0 Å². The Balaban J connectivity index is 1.57. The van der Waals surface area contributed by atoms with E-state index in [9.17, 15) is 15.0 Å². The van der Waals surface area contributed by atoms with Crippen LogP contribution in [0.5, 0.6) is 11.8 Å². The van der Waals surface area contributed by atoms with Gasteiger partial charge in [-0.05, 0) is 61.3 Å². The molecular formula is C25H22N2O3. The Morgan fingerprint density at radius 1 is 0.967 bits per heavy atom. The summed E-state index contributed by atoms with van der Waals surface area (Å²) >= 11 is 0. The number of aromatic amines is 1. The van der Waals surface area contributed by atoms with E-state index in [1.807, 2.05) is 49.4 Å². The van der Waals surface area contributed by atoms with E-state index >= 15 is 0 Å². The molecule has 2 aromatic heterocycles. The number of aromatic nitrogens is 2. The van der Waals surface area contributed by atoms with Crippen LogP contribution >= 0.6 is 0 Å². The maximum atomic E-state index is 12.0. The lowest BCUT2D eigenvalue weighted by molar-refractivity contribution is 0.395. The van der Waals surface area contributed by atoms with Crippen LogP contribution in [0.1, 0.15) is 47.8 Å². The summed E-state index contributed by atoms with van der Waals surface area (Å²) in [4.78, 5) is 14.9. The molecular weight excluding hydrogens is 376 g/mol. The summed E-state index contributed by atoms with van der Waals surface area (Å²) in [6.07, 6.45) is 3.19. The van der Waals surface area contributed by atoms with E-state index in [0.717, 1.165) is 63.7 Å². The van der Waals surface area contributed by atoms with E-state index < -0.39 is 0 Å². The highest BCUT2D eigenvalue weighted by atomic mass is 16.3. The number of nitrogens with one attached hydrogen (secondary N) is 1. The second kappa shape index (κ2) is 6.02. The van der Waals surface area contributed by atoms with Crippen molar-refractivity contribution in [3.63, 3.8) is 0 Å². The quantitative estimate of drug-likeness (QED) is 0.441. The van der Waals surface area contributed by atoms with E-state index in [1.165, 1.54) is 0 Å². The molecule has 2 aliphatic rings. The molecule has 2 atom stereocenters. The Kier molecular flexibility index (Phi) is 3.49. The summed E-state index contributed by atoms with van der Waals surface area (Å²) in [5, 5.41) is 23.2. The summed E-state index contributed by atoms with van der Waals surface area (Å²) in [7, 11) is 0. The number of nitrogens with zero attached hydrogens (tertiary/aromatic N) is 1. The molecule has 6 rings (SSSR count). The van der Waals surface area contributed by atoms with Gasteiger partial charge >= 0.3 is 0 Å². The van der Waals surface area contributed by atoms with Gasteiger partial charge in [0.2, 0.25) is 17.3 Å². The Labute approximate surface area is 173 Å². The van der Waals surface area contributed by atoms with Crippen LogP contribution in [0.25, 0.3) is 27.7 Å². The predicted octanol–water partition coefficient (Wildman–Crippen LogP) is 5.07. The number of benzene rings is 2. The molecule has 2 unspecified atom stereocenters. The van der Waals surface area contributed by atoms with Crippen LogP contribution in [-0.4, -0.2) is 19.8 Å². The molecule has 2 aromatic carbocycles. The highest BCUT2D eigenvalue weighted by molar-refractivity contribution is 5.88. The topological polar surface area (TPSA) is 78.2 Å². The molecule has 0 radical (unpaired) electrons. The maximum absolute atomic E-state index is 12.0. The largest absolute Gasteiger partial charge is 0.494 e. The fraction of sp³-hybridized carbons (Fsp3) is 0.240. The second-order valence-electron chi connectivity index (χ2n) is 8.61. The number of aromatic hydroxyl groups is 2. The van der Waals surface area contributed by atoms with Gasteiger partial charge in [0.25, 0.3) is 0 Å². The molecule has 5 nitrogen and oxygen atoms in total. The van der Waals surface area contributed by atoms with Crippen molar-refractivity contribution < 1.29 is 10.2 Å². The fourth-order valence-electron chi connectivity index (χ4n) is 5.64. The van der Waals surface area contributed by atoms with Crippen molar-refractivity contribution >= 4 is 10.9 Å². The third-order valence-corrected chi connectivity index (χ3v) is 6.95. The first-order valence-corrected chi connectivity index (χ1v) is 10.4. The van der Waals surface area contributed by atoms with E-state index in [0.29, 0.717) is 11.8 Å². The van der Waals surface area contributed by atoms with Crippen molar-refractivity contribution in [3.05, 3.63) is 75.6 Å². The molecule has 5 heteroatoms. The number of hydrogen-bond acceptors (Lipinski definition) is 3. The fourth-order valence-corrected chi connectivity index (χ4v) is 5.64. The highest BCUT2D eigenvalue weighted by Crippen LogP contribution is 2.60. The average Bonchev–Trinajstić information content (AvgIpc) is 3.41. The van der Waals surface area contributed by atoms with Gasteiger partial charge < -0.3 is 15.2 Å². The molecule has 2 bridgehead atoms. The van der Waals surface area contributed by atoms with Crippen LogP contribution < -0.4 is 5.56 Å². The summed E-state index contributed by atoms with van der Waals surface area (Å²) in [6, 6.07) is 15.3. The van der Waals surface area contributed by atoms with Crippen molar-refractivity contribution in [1.82, 2.24) is 9.55 Å². The van der Waals surface area contributed by atoms with Crippen LogP contribution in [0.3, 0.4) is 0 Å². The number of aryl methyl sites for hydroxylation is 1. The Morgan fingerprint density at radius 3 is 2.40 bits per heavy atom. The molecule has 0 aliphatic heterocycles. The van der Waals surface area contributed by atoms with Crippen LogP contribution in [0, 0.1) is 6.92 Å². The molecule has 3 N–H and O–H groups in total. The van der Waals surface area contributed by atoms with Crippen molar-refractivity contribution in [3.8, 4) is 28.6 Å². The second-order valence-corrected chi connectivity index (χ2v) is 8.61. The standard InChI is InChI=1S/C25H22N2O3/c1-13-10-21(28)26-19-12-14(8-9-17(13)19)18-4-2-3-5-20(18)27-24(29)22-15-6-7-16(11-15)23(22)25(27)30/h2-5,8-10,12,15-16,29-30H,6-7,11H2,1H3,(H,26,28). The van der Waals surface area contributed by atoms with E-state index in [-0.39, 0.29) is 17.3 Å². The number of H-pyrrole nitrogens is 1. The SMILES string of the molecule is Cc1cc(=O)[nH]c2cc(-c3ccccc3-n3c(O)c4c(c3O)C3CCC4C3)ccc12. The lowest BCUT2D eigenvalue weighted by atomic mass is 9.95. The minimum Gasteiger partial charge on any atom is -0.494 e.